The van der Waals surface area contributed by atoms with Crippen molar-refractivity contribution in [3.05, 3.63) is 78.0 Å². The summed E-state index contributed by atoms with van der Waals surface area (Å²) < 4.78 is 18.8. The Labute approximate surface area is 150 Å². The molecule has 0 aliphatic carbocycles. The first kappa shape index (κ1) is 17.3. The second-order valence-corrected chi connectivity index (χ2v) is 5.42. The zero-order chi connectivity index (χ0) is 18.4. The third kappa shape index (κ3) is 4.32. The minimum Gasteiger partial charge on any atom is -0.497 e. The first-order valence-electron chi connectivity index (χ1n) is 7.90. The van der Waals surface area contributed by atoms with Crippen LogP contribution in [0, 0.1) is 5.82 Å². The van der Waals surface area contributed by atoms with Crippen LogP contribution in [0.5, 0.6) is 5.75 Å². The highest BCUT2D eigenvalue weighted by Gasteiger charge is 2.10. The van der Waals surface area contributed by atoms with Crippen molar-refractivity contribution in [2.45, 2.75) is 6.54 Å². The van der Waals surface area contributed by atoms with Crippen molar-refractivity contribution in [1.82, 2.24) is 9.97 Å². The van der Waals surface area contributed by atoms with Gasteiger partial charge in [0.1, 0.15) is 29.4 Å². The van der Waals surface area contributed by atoms with Gasteiger partial charge >= 0.3 is 0 Å². The molecule has 0 atom stereocenters. The summed E-state index contributed by atoms with van der Waals surface area (Å²) in [4.78, 5) is 20.4. The average Bonchev–Trinajstić information content (AvgIpc) is 2.68. The SMILES string of the molecule is COc1cccc(NC(=O)c2cc(NCc3ccccc3F)ncn2)c1. The molecule has 7 heteroatoms. The van der Waals surface area contributed by atoms with Crippen LogP contribution in [-0.4, -0.2) is 23.0 Å². The van der Waals surface area contributed by atoms with Crippen LogP contribution in [0.4, 0.5) is 15.9 Å². The van der Waals surface area contributed by atoms with Crippen molar-refractivity contribution in [2.24, 2.45) is 0 Å². The molecule has 132 valence electrons. The van der Waals surface area contributed by atoms with Crippen LogP contribution >= 0.6 is 0 Å². The fourth-order valence-electron chi connectivity index (χ4n) is 2.30. The van der Waals surface area contributed by atoms with Crippen molar-refractivity contribution in [3.8, 4) is 5.75 Å². The van der Waals surface area contributed by atoms with E-state index in [0.29, 0.717) is 22.8 Å². The number of hydrogen-bond acceptors (Lipinski definition) is 5. The number of rotatable bonds is 6. The Morgan fingerprint density at radius 2 is 1.96 bits per heavy atom. The molecule has 0 bridgehead atoms. The van der Waals surface area contributed by atoms with Crippen LogP contribution in [0.2, 0.25) is 0 Å². The number of aromatic nitrogens is 2. The Bertz CT molecular complexity index is 917. The molecule has 0 fully saturated rings. The number of halogens is 1. The first-order valence-corrected chi connectivity index (χ1v) is 7.90. The number of nitrogens with one attached hydrogen (secondary N) is 2. The molecular weight excluding hydrogens is 335 g/mol. The van der Waals surface area contributed by atoms with E-state index in [4.69, 9.17) is 4.74 Å². The zero-order valence-electron chi connectivity index (χ0n) is 14.1. The molecule has 1 amide bonds. The van der Waals surface area contributed by atoms with Gasteiger partial charge in [0.05, 0.1) is 7.11 Å². The first-order chi connectivity index (χ1) is 12.7. The summed E-state index contributed by atoms with van der Waals surface area (Å²) in [7, 11) is 1.55. The fourth-order valence-corrected chi connectivity index (χ4v) is 2.30. The average molecular weight is 352 g/mol. The minimum absolute atomic E-state index is 0.193. The predicted molar refractivity (Wildman–Crippen MR) is 96.7 cm³/mol. The third-order valence-corrected chi connectivity index (χ3v) is 3.65. The zero-order valence-corrected chi connectivity index (χ0v) is 14.1. The lowest BCUT2D eigenvalue weighted by atomic mass is 10.2. The van der Waals surface area contributed by atoms with Gasteiger partial charge in [-0.15, -0.1) is 0 Å². The molecule has 0 radical (unpaired) electrons. The van der Waals surface area contributed by atoms with Crippen molar-refractivity contribution in [2.75, 3.05) is 17.7 Å². The van der Waals surface area contributed by atoms with Crippen LogP contribution < -0.4 is 15.4 Å². The lowest BCUT2D eigenvalue weighted by Gasteiger charge is -2.09. The molecule has 3 aromatic rings. The smallest absolute Gasteiger partial charge is 0.274 e. The van der Waals surface area contributed by atoms with E-state index in [9.17, 15) is 9.18 Å². The Balaban J connectivity index is 1.68. The third-order valence-electron chi connectivity index (χ3n) is 3.65. The number of methoxy groups -OCH3 is 1. The normalized spacial score (nSPS) is 10.2. The second kappa shape index (κ2) is 8.06. The van der Waals surface area contributed by atoms with Gasteiger partial charge in [0.2, 0.25) is 0 Å². The van der Waals surface area contributed by atoms with E-state index < -0.39 is 0 Å². The Morgan fingerprint density at radius 3 is 2.77 bits per heavy atom. The number of hydrogen-bond donors (Lipinski definition) is 2. The standard InChI is InChI=1S/C19H17FN4O2/c1-26-15-7-4-6-14(9-15)24-19(25)17-10-18(23-12-22-17)21-11-13-5-2-3-8-16(13)20/h2-10,12H,11H2,1H3,(H,24,25)(H,21,22,23). The summed E-state index contributed by atoms with van der Waals surface area (Å²) in [6.07, 6.45) is 1.28. The molecule has 2 N–H and O–H groups in total. The number of carbonyl (C=O) groups is 1. The Morgan fingerprint density at radius 1 is 1.12 bits per heavy atom. The van der Waals surface area contributed by atoms with Gasteiger partial charge in [-0.2, -0.15) is 0 Å². The van der Waals surface area contributed by atoms with Crippen molar-refractivity contribution < 1.29 is 13.9 Å². The Hall–Kier alpha value is -3.48. The number of amides is 1. The summed E-state index contributed by atoms with van der Waals surface area (Å²) in [5, 5.41) is 5.73. The molecule has 0 aliphatic rings. The molecule has 0 saturated heterocycles. The van der Waals surface area contributed by atoms with E-state index >= 15 is 0 Å². The molecule has 0 spiro atoms. The summed E-state index contributed by atoms with van der Waals surface area (Å²) in [5.74, 6) is 0.386. The van der Waals surface area contributed by atoms with Gasteiger partial charge in [0.25, 0.3) is 5.91 Å². The number of carbonyl (C=O) groups excluding carboxylic acids is 1. The monoisotopic (exact) mass is 352 g/mol. The summed E-state index contributed by atoms with van der Waals surface area (Å²) in [6, 6.07) is 15.0. The van der Waals surface area contributed by atoms with Crippen LogP contribution in [0.25, 0.3) is 0 Å². The van der Waals surface area contributed by atoms with Gasteiger partial charge in [-0.1, -0.05) is 24.3 Å². The molecule has 0 unspecified atom stereocenters. The van der Waals surface area contributed by atoms with E-state index in [0.717, 1.165) is 0 Å². The van der Waals surface area contributed by atoms with Crippen LogP contribution in [-0.2, 0) is 6.54 Å². The molecule has 0 saturated carbocycles. The molecule has 26 heavy (non-hydrogen) atoms. The molecule has 3 rings (SSSR count). The molecule has 2 aromatic carbocycles. The maximum absolute atomic E-state index is 13.7. The maximum Gasteiger partial charge on any atom is 0.274 e. The number of ether oxygens (including phenoxy) is 1. The molecule has 1 aromatic heterocycles. The summed E-state index contributed by atoms with van der Waals surface area (Å²) in [5.41, 5.74) is 1.29. The lowest BCUT2D eigenvalue weighted by molar-refractivity contribution is 0.102. The van der Waals surface area contributed by atoms with Gasteiger partial charge in [-0.3, -0.25) is 4.79 Å². The minimum atomic E-state index is -0.380. The van der Waals surface area contributed by atoms with Gasteiger partial charge in [-0.25, -0.2) is 14.4 Å². The predicted octanol–water partition coefficient (Wildman–Crippen LogP) is 3.49. The second-order valence-electron chi connectivity index (χ2n) is 5.42. The van der Waals surface area contributed by atoms with E-state index in [1.54, 1.807) is 49.6 Å². The quantitative estimate of drug-likeness (QED) is 0.710. The largest absolute Gasteiger partial charge is 0.497 e. The maximum atomic E-state index is 13.7. The summed E-state index contributed by atoms with van der Waals surface area (Å²) >= 11 is 0. The van der Waals surface area contributed by atoms with Crippen LogP contribution in [0.15, 0.2) is 60.9 Å². The van der Waals surface area contributed by atoms with E-state index in [-0.39, 0.29) is 24.0 Å². The molecule has 0 aliphatic heterocycles. The highest BCUT2D eigenvalue weighted by Crippen LogP contribution is 2.17. The van der Waals surface area contributed by atoms with Gasteiger partial charge in [0.15, 0.2) is 0 Å². The van der Waals surface area contributed by atoms with Gasteiger partial charge in [0, 0.05) is 29.9 Å². The van der Waals surface area contributed by atoms with Crippen molar-refractivity contribution in [3.63, 3.8) is 0 Å². The number of benzene rings is 2. The Kier molecular flexibility index (Phi) is 5.38. The van der Waals surface area contributed by atoms with E-state index in [2.05, 4.69) is 20.6 Å². The van der Waals surface area contributed by atoms with Crippen molar-refractivity contribution in [1.29, 1.82) is 0 Å². The molecular formula is C19H17FN4O2. The summed E-state index contributed by atoms with van der Waals surface area (Å²) in [6.45, 7) is 0.251. The van der Waals surface area contributed by atoms with E-state index in [1.807, 2.05) is 0 Å². The number of nitrogens with zero attached hydrogens (tertiary/aromatic N) is 2. The highest BCUT2D eigenvalue weighted by molar-refractivity contribution is 6.03. The topological polar surface area (TPSA) is 76.1 Å². The molecule has 6 nitrogen and oxygen atoms in total. The van der Waals surface area contributed by atoms with Crippen LogP contribution in [0.1, 0.15) is 16.1 Å². The lowest BCUT2D eigenvalue weighted by Crippen LogP contribution is -2.14. The van der Waals surface area contributed by atoms with Crippen LogP contribution in [0.3, 0.4) is 0 Å². The molecule has 1 heterocycles. The van der Waals surface area contributed by atoms with Crippen molar-refractivity contribution >= 4 is 17.4 Å². The fraction of sp³-hybridized carbons (Fsp3) is 0.105. The van der Waals surface area contributed by atoms with E-state index in [1.165, 1.54) is 18.5 Å². The van der Waals surface area contributed by atoms with Gasteiger partial charge < -0.3 is 15.4 Å². The highest BCUT2D eigenvalue weighted by atomic mass is 19.1. The number of anilines is 2. The van der Waals surface area contributed by atoms with Gasteiger partial charge in [-0.05, 0) is 18.2 Å².